The van der Waals surface area contributed by atoms with Gasteiger partial charge in [0.1, 0.15) is 5.75 Å². The molecule has 8 nitrogen and oxygen atoms in total. The number of nitro benzene ring substituents is 1. The SMILES string of the molecule is COc1cc(OC)c([N+](=O)[O-])cc1C=C(C)[N+](=O)[O-]. The lowest BCUT2D eigenvalue weighted by Gasteiger charge is -2.08. The van der Waals surface area contributed by atoms with Crippen LogP contribution in [0.4, 0.5) is 5.69 Å². The van der Waals surface area contributed by atoms with Gasteiger partial charge in [0.2, 0.25) is 11.4 Å². The fourth-order valence-electron chi connectivity index (χ4n) is 1.44. The van der Waals surface area contributed by atoms with Crippen molar-refractivity contribution in [3.63, 3.8) is 0 Å². The monoisotopic (exact) mass is 268 g/mol. The molecule has 0 spiro atoms. The summed E-state index contributed by atoms with van der Waals surface area (Å²) in [6.07, 6.45) is 1.20. The van der Waals surface area contributed by atoms with Crippen LogP contribution in [0.25, 0.3) is 6.08 Å². The van der Waals surface area contributed by atoms with E-state index in [4.69, 9.17) is 9.47 Å². The van der Waals surface area contributed by atoms with Crippen molar-refractivity contribution < 1.29 is 19.3 Å². The van der Waals surface area contributed by atoms with Crippen LogP contribution in [0, 0.1) is 20.2 Å². The van der Waals surface area contributed by atoms with E-state index < -0.39 is 9.85 Å². The third-order valence-corrected chi connectivity index (χ3v) is 2.38. The standard InChI is InChI=1S/C11H12N2O6/c1-7(12(14)15)4-8-5-9(13(16)17)11(19-3)6-10(8)18-2/h4-6H,1-3H3. The van der Waals surface area contributed by atoms with Crippen molar-refractivity contribution in [1.29, 1.82) is 0 Å². The normalized spacial score (nSPS) is 11.0. The van der Waals surface area contributed by atoms with Gasteiger partial charge in [0.25, 0.3) is 0 Å². The van der Waals surface area contributed by atoms with Crippen LogP contribution in [0.15, 0.2) is 17.8 Å². The predicted molar refractivity (Wildman–Crippen MR) is 66.8 cm³/mol. The van der Waals surface area contributed by atoms with Gasteiger partial charge in [0, 0.05) is 30.7 Å². The summed E-state index contributed by atoms with van der Waals surface area (Å²) in [6.45, 7) is 1.29. The maximum Gasteiger partial charge on any atom is 0.311 e. The van der Waals surface area contributed by atoms with Crippen LogP contribution in [-0.4, -0.2) is 24.1 Å². The molecule has 102 valence electrons. The molecule has 0 aromatic heterocycles. The molecular formula is C11H12N2O6. The van der Waals surface area contributed by atoms with Gasteiger partial charge in [-0.05, 0) is 0 Å². The molecule has 1 aromatic carbocycles. The zero-order valence-electron chi connectivity index (χ0n) is 10.6. The first-order valence-corrected chi connectivity index (χ1v) is 5.13. The van der Waals surface area contributed by atoms with Gasteiger partial charge >= 0.3 is 5.69 Å². The van der Waals surface area contributed by atoms with E-state index in [1.54, 1.807) is 0 Å². The molecule has 0 radical (unpaired) electrons. The van der Waals surface area contributed by atoms with Gasteiger partial charge in [-0.25, -0.2) is 0 Å². The van der Waals surface area contributed by atoms with E-state index in [2.05, 4.69) is 0 Å². The maximum absolute atomic E-state index is 10.9. The van der Waals surface area contributed by atoms with Crippen molar-refractivity contribution >= 4 is 11.8 Å². The molecular weight excluding hydrogens is 256 g/mol. The van der Waals surface area contributed by atoms with E-state index in [1.807, 2.05) is 0 Å². The molecule has 0 aliphatic rings. The number of rotatable bonds is 5. The first-order chi connectivity index (χ1) is 8.90. The smallest absolute Gasteiger partial charge is 0.311 e. The Balaban J connectivity index is 3.46. The molecule has 0 unspecified atom stereocenters. The van der Waals surface area contributed by atoms with Gasteiger partial charge in [-0.3, -0.25) is 20.2 Å². The van der Waals surface area contributed by atoms with Crippen LogP contribution in [0.3, 0.4) is 0 Å². The number of hydrogen-bond donors (Lipinski definition) is 0. The molecule has 0 heterocycles. The van der Waals surface area contributed by atoms with E-state index in [9.17, 15) is 20.2 Å². The number of methoxy groups -OCH3 is 2. The molecule has 0 aliphatic carbocycles. The van der Waals surface area contributed by atoms with E-state index in [1.165, 1.54) is 39.4 Å². The fourth-order valence-corrected chi connectivity index (χ4v) is 1.44. The summed E-state index contributed by atoms with van der Waals surface area (Å²) in [5.74, 6) is 0.279. The van der Waals surface area contributed by atoms with Crippen molar-refractivity contribution in [2.45, 2.75) is 6.92 Å². The largest absolute Gasteiger partial charge is 0.496 e. The Hall–Kier alpha value is -2.64. The zero-order chi connectivity index (χ0) is 14.6. The number of allylic oxidation sites excluding steroid dienone is 1. The first-order valence-electron chi connectivity index (χ1n) is 5.13. The molecule has 1 aromatic rings. The Morgan fingerprint density at radius 3 is 2.16 bits per heavy atom. The van der Waals surface area contributed by atoms with Crippen molar-refractivity contribution in [2.75, 3.05) is 14.2 Å². The second-order valence-electron chi connectivity index (χ2n) is 3.57. The van der Waals surface area contributed by atoms with E-state index in [0.717, 1.165) is 0 Å². The molecule has 0 atom stereocenters. The summed E-state index contributed by atoms with van der Waals surface area (Å²) in [5, 5.41) is 21.5. The topological polar surface area (TPSA) is 105 Å². The highest BCUT2D eigenvalue weighted by molar-refractivity contribution is 5.66. The average Bonchev–Trinajstić information content (AvgIpc) is 2.37. The minimum Gasteiger partial charge on any atom is -0.496 e. The van der Waals surface area contributed by atoms with Gasteiger partial charge in [0.05, 0.1) is 24.1 Å². The highest BCUT2D eigenvalue weighted by Crippen LogP contribution is 2.35. The van der Waals surface area contributed by atoms with Crippen LogP contribution in [-0.2, 0) is 0 Å². The molecule has 1 rings (SSSR count). The van der Waals surface area contributed by atoms with Crippen molar-refractivity contribution in [2.24, 2.45) is 0 Å². The summed E-state index contributed by atoms with van der Waals surface area (Å²) in [7, 11) is 2.65. The summed E-state index contributed by atoms with van der Waals surface area (Å²) in [5.41, 5.74) is -0.201. The Kier molecular flexibility index (Phi) is 4.41. The van der Waals surface area contributed by atoms with E-state index in [0.29, 0.717) is 0 Å². The minimum atomic E-state index is -0.628. The molecule has 0 N–H and O–H groups in total. The summed E-state index contributed by atoms with van der Waals surface area (Å²) in [4.78, 5) is 20.2. The van der Waals surface area contributed by atoms with Crippen molar-refractivity contribution in [3.8, 4) is 11.5 Å². The molecule has 0 fully saturated rings. The molecule has 0 saturated carbocycles. The summed E-state index contributed by atoms with van der Waals surface area (Å²) < 4.78 is 9.91. The zero-order valence-corrected chi connectivity index (χ0v) is 10.6. The lowest BCUT2D eigenvalue weighted by Crippen LogP contribution is -1.98. The number of benzene rings is 1. The van der Waals surface area contributed by atoms with E-state index in [-0.39, 0.29) is 28.4 Å². The van der Waals surface area contributed by atoms with Gasteiger partial charge in [-0.1, -0.05) is 0 Å². The fraction of sp³-hybridized carbons (Fsp3) is 0.273. The molecule has 19 heavy (non-hydrogen) atoms. The molecule has 0 aliphatic heterocycles. The predicted octanol–water partition coefficient (Wildman–Crippen LogP) is 2.25. The van der Waals surface area contributed by atoms with Crippen molar-refractivity contribution in [3.05, 3.63) is 43.6 Å². The number of hydrogen-bond acceptors (Lipinski definition) is 6. The van der Waals surface area contributed by atoms with Crippen LogP contribution in [0.5, 0.6) is 11.5 Å². The Labute approximate surface area is 108 Å². The van der Waals surface area contributed by atoms with E-state index >= 15 is 0 Å². The Morgan fingerprint density at radius 1 is 1.16 bits per heavy atom. The third kappa shape index (κ3) is 3.18. The van der Waals surface area contributed by atoms with Crippen LogP contribution < -0.4 is 9.47 Å². The first kappa shape index (κ1) is 14.4. The third-order valence-electron chi connectivity index (χ3n) is 2.38. The van der Waals surface area contributed by atoms with Gasteiger partial charge < -0.3 is 9.47 Å². The lowest BCUT2D eigenvalue weighted by atomic mass is 10.1. The molecule has 0 saturated heterocycles. The second kappa shape index (κ2) is 5.80. The quantitative estimate of drug-likeness (QED) is 0.599. The summed E-state index contributed by atoms with van der Waals surface area (Å²) in [6, 6.07) is 2.49. The number of nitro groups is 2. The highest BCUT2D eigenvalue weighted by atomic mass is 16.6. The Bertz CT molecular complexity index is 552. The van der Waals surface area contributed by atoms with Gasteiger partial charge in [0.15, 0.2) is 0 Å². The lowest BCUT2D eigenvalue weighted by molar-refractivity contribution is -0.422. The average molecular weight is 268 g/mol. The number of nitrogens with zero attached hydrogens (tertiary/aromatic N) is 2. The molecule has 0 amide bonds. The maximum atomic E-state index is 10.9. The Morgan fingerprint density at radius 2 is 1.74 bits per heavy atom. The minimum absolute atomic E-state index is 0.0257. The highest BCUT2D eigenvalue weighted by Gasteiger charge is 2.19. The van der Waals surface area contributed by atoms with Crippen molar-refractivity contribution in [1.82, 2.24) is 0 Å². The van der Waals surface area contributed by atoms with Crippen LogP contribution in [0.2, 0.25) is 0 Å². The van der Waals surface area contributed by atoms with Crippen LogP contribution >= 0.6 is 0 Å². The molecule has 8 heteroatoms. The number of ether oxygens (including phenoxy) is 2. The van der Waals surface area contributed by atoms with Gasteiger partial charge in [-0.15, -0.1) is 0 Å². The van der Waals surface area contributed by atoms with Gasteiger partial charge in [-0.2, -0.15) is 0 Å². The molecule has 0 bridgehead atoms. The summed E-state index contributed by atoms with van der Waals surface area (Å²) >= 11 is 0. The second-order valence-corrected chi connectivity index (χ2v) is 3.57. The van der Waals surface area contributed by atoms with Crippen LogP contribution in [0.1, 0.15) is 12.5 Å².